The first-order chi connectivity index (χ1) is 9.05. The van der Waals surface area contributed by atoms with Gasteiger partial charge < -0.3 is 4.18 Å². The van der Waals surface area contributed by atoms with E-state index in [9.17, 15) is 8.42 Å². The van der Waals surface area contributed by atoms with Gasteiger partial charge in [-0.2, -0.15) is 8.42 Å². The zero-order valence-electron chi connectivity index (χ0n) is 10.1. The van der Waals surface area contributed by atoms with Crippen LogP contribution in [-0.2, 0) is 16.5 Å². The molecule has 5 heteroatoms. The second-order valence-corrected chi connectivity index (χ2v) is 6.97. The zero-order chi connectivity index (χ0) is 13.7. The molecule has 0 saturated heterocycles. The van der Waals surface area contributed by atoms with E-state index in [1.54, 1.807) is 18.2 Å². The van der Waals surface area contributed by atoms with Gasteiger partial charge in [-0.25, -0.2) is 0 Å². The van der Waals surface area contributed by atoms with Crippen LogP contribution in [0, 0.1) is 3.57 Å². The van der Waals surface area contributed by atoms with Crippen molar-refractivity contribution in [2.24, 2.45) is 0 Å². The van der Waals surface area contributed by atoms with Crippen molar-refractivity contribution in [1.29, 1.82) is 0 Å². The molecule has 0 aliphatic rings. The van der Waals surface area contributed by atoms with Crippen LogP contribution >= 0.6 is 22.6 Å². The average molecular weight is 388 g/mol. The van der Waals surface area contributed by atoms with Gasteiger partial charge in [-0.05, 0) is 52.8 Å². The van der Waals surface area contributed by atoms with E-state index in [0.29, 0.717) is 12.2 Å². The maximum absolute atomic E-state index is 11.9. The summed E-state index contributed by atoms with van der Waals surface area (Å²) in [5, 5.41) is 0. The van der Waals surface area contributed by atoms with Crippen LogP contribution < -0.4 is 4.18 Å². The molecule has 0 radical (unpaired) electrons. The quantitative estimate of drug-likeness (QED) is 0.584. The van der Waals surface area contributed by atoms with E-state index in [1.165, 1.54) is 0 Å². The van der Waals surface area contributed by atoms with E-state index in [2.05, 4.69) is 22.6 Å². The van der Waals surface area contributed by atoms with Crippen molar-refractivity contribution in [3.8, 4) is 5.75 Å². The number of hydrogen-bond donors (Lipinski definition) is 0. The van der Waals surface area contributed by atoms with Gasteiger partial charge in [0.25, 0.3) is 0 Å². The van der Waals surface area contributed by atoms with Crippen molar-refractivity contribution in [1.82, 2.24) is 0 Å². The van der Waals surface area contributed by atoms with E-state index in [4.69, 9.17) is 4.18 Å². The molecule has 0 aromatic heterocycles. The Morgan fingerprint density at radius 1 is 1.00 bits per heavy atom. The summed E-state index contributed by atoms with van der Waals surface area (Å²) in [5.41, 5.74) is 0.984. The standard InChI is InChI=1S/C14H13IO3S/c15-13-7-4-8-14(11-13)18-19(16,17)10-9-12-5-2-1-3-6-12/h1-8,11H,9-10H2. The lowest BCUT2D eigenvalue weighted by molar-refractivity contribution is 0.485. The summed E-state index contributed by atoms with van der Waals surface area (Å²) in [5.74, 6) is 0.336. The zero-order valence-corrected chi connectivity index (χ0v) is 13.1. The van der Waals surface area contributed by atoms with Crippen LogP contribution in [0.3, 0.4) is 0 Å². The van der Waals surface area contributed by atoms with E-state index in [-0.39, 0.29) is 5.75 Å². The Labute approximate surface area is 126 Å². The molecule has 19 heavy (non-hydrogen) atoms. The van der Waals surface area contributed by atoms with Crippen LogP contribution in [0.2, 0.25) is 0 Å². The predicted octanol–water partition coefficient (Wildman–Crippen LogP) is 3.24. The first-order valence-corrected chi connectivity index (χ1v) is 8.42. The largest absolute Gasteiger partial charge is 0.382 e. The molecule has 3 nitrogen and oxygen atoms in total. The molecule has 0 bridgehead atoms. The number of hydrogen-bond acceptors (Lipinski definition) is 3. The van der Waals surface area contributed by atoms with E-state index in [0.717, 1.165) is 9.13 Å². The van der Waals surface area contributed by atoms with Crippen molar-refractivity contribution in [3.05, 3.63) is 63.7 Å². The minimum atomic E-state index is -3.55. The third-order valence-corrected chi connectivity index (χ3v) is 4.32. The molecule has 100 valence electrons. The van der Waals surface area contributed by atoms with Gasteiger partial charge in [-0.3, -0.25) is 0 Å². The Morgan fingerprint density at radius 2 is 1.74 bits per heavy atom. The van der Waals surface area contributed by atoms with Gasteiger partial charge in [0.05, 0.1) is 5.75 Å². The summed E-state index contributed by atoms with van der Waals surface area (Å²) >= 11 is 2.11. The van der Waals surface area contributed by atoms with E-state index in [1.807, 2.05) is 36.4 Å². The Kier molecular flexibility index (Phi) is 4.81. The van der Waals surface area contributed by atoms with Gasteiger partial charge in [0.1, 0.15) is 5.75 Å². The van der Waals surface area contributed by atoms with E-state index >= 15 is 0 Å². The maximum atomic E-state index is 11.9. The summed E-state index contributed by atoms with van der Waals surface area (Å²) in [6, 6.07) is 16.5. The van der Waals surface area contributed by atoms with Crippen molar-refractivity contribution in [2.45, 2.75) is 6.42 Å². The fraction of sp³-hybridized carbons (Fsp3) is 0.143. The molecule has 2 rings (SSSR count). The molecule has 0 spiro atoms. The monoisotopic (exact) mass is 388 g/mol. The molecular formula is C14H13IO3S. The fourth-order valence-corrected chi connectivity index (χ4v) is 3.08. The Balaban J connectivity index is 1.99. The van der Waals surface area contributed by atoms with Crippen LogP contribution in [0.4, 0.5) is 0 Å². The predicted molar refractivity (Wildman–Crippen MR) is 83.7 cm³/mol. The molecule has 2 aromatic rings. The topological polar surface area (TPSA) is 43.4 Å². The Bertz CT molecular complexity index is 639. The van der Waals surface area contributed by atoms with Crippen LogP contribution in [-0.4, -0.2) is 14.2 Å². The summed E-state index contributed by atoms with van der Waals surface area (Å²) < 4.78 is 29.7. The third kappa shape index (κ3) is 4.83. The molecule has 0 N–H and O–H groups in total. The van der Waals surface area contributed by atoms with Gasteiger partial charge in [-0.15, -0.1) is 0 Å². The lowest BCUT2D eigenvalue weighted by Gasteiger charge is -2.07. The number of rotatable bonds is 5. The van der Waals surface area contributed by atoms with Gasteiger partial charge in [0.2, 0.25) is 0 Å². The smallest absolute Gasteiger partial charge is 0.309 e. The van der Waals surface area contributed by atoms with Gasteiger partial charge in [0, 0.05) is 3.57 Å². The molecule has 0 aliphatic carbocycles. The number of benzene rings is 2. The summed E-state index contributed by atoms with van der Waals surface area (Å²) in [6.07, 6.45) is 0.451. The molecule has 0 aliphatic heterocycles. The molecule has 0 unspecified atom stereocenters. The number of halogens is 1. The van der Waals surface area contributed by atoms with Crippen molar-refractivity contribution < 1.29 is 12.6 Å². The molecular weight excluding hydrogens is 375 g/mol. The second-order valence-electron chi connectivity index (χ2n) is 4.04. The van der Waals surface area contributed by atoms with Gasteiger partial charge in [-0.1, -0.05) is 36.4 Å². The maximum Gasteiger partial charge on any atom is 0.309 e. The SMILES string of the molecule is O=S(=O)(CCc1ccccc1)Oc1cccc(I)c1. The second kappa shape index (κ2) is 6.38. The first kappa shape index (κ1) is 14.3. The van der Waals surface area contributed by atoms with Gasteiger partial charge >= 0.3 is 10.1 Å². The Hall–Kier alpha value is -1.08. The molecule has 0 atom stereocenters. The van der Waals surface area contributed by atoms with Crippen LogP contribution in [0.25, 0.3) is 0 Å². The molecule has 0 fully saturated rings. The van der Waals surface area contributed by atoms with E-state index < -0.39 is 10.1 Å². The van der Waals surface area contributed by atoms with Crippen LogP contribution in [0.15, 0.2) is 54.6 Å². The molecule has 2 aromatic carbocycles. The minimum Gasteiger partial charge on any atom is -0.382 e. The van der Waals surface area contributed by atoms with Crippen molar-refractivity contribution >= 4 is 32.7 Å². The summed E-state index contributed by atoms with van der Waals surface area (Å²) in [6.45, 7) is 0. The fourth-order valence-electron chi connectivity index (χ4n) is 1.59. The summed E-state index contributed by atoms with van der Waals surface area (Å²) in [7, 11) is -3.55. The lowest BCUT2D eigenvalue weighted by atomic mass is 10.2. The highest BCUT2D eigenvalue weighted by molar-refractivity contribution is 14.1. The van der Waals surface area contributed by atoms with Crippen molar-refractivity contribution in [2.75, 3.05) is 5.75 Å². The molecule has 0 amide bonds. The average Bonchev–Trinajstić information content (AvgIpc) is 2.37. The lowest BCUT2D eigenvalue weighted by Crippen LogP contribution is -2.15. The first-order valence-electron chi connectivity index (χ1n) is 5.77. The minimum absolute atomic E-state index is 0.0253. The van der Waals surface area contributed by atoms with Crippen molar-refractivity contribution in [3.63, 3.8) is 0 Å². The highest BCUT2D eigenvalue weighted by Crippen LogP contribution is 2.17. The highest BCUT2D eigenvalue weighted by Gasteiger charge is 2.13. The highest BCUT2D eigenvalue weighted by atomic mass is 127. The molecule has 0 heterocycles. The van der Waals surface area contributed by atoms with Crippen LogP contribution in [0.5, 0.6) is 5.75 Å². The number of aryl methyl sites for hydroxylation is 1. The normalized spacial score (nSPS) is 11.2. The van der Waals surface area contributed by atoms with Gasteiger partial charge in [0.15, 0.2) is 0 Å². The third-order valence-electron chi connectivity index (χ3n) is 2.50. The Morgan fingerprint density at radius 3 is 2.42 bits per heavy atom. The molecule has 0 saturated carbocycles. The summed E-state index contributed by atoms with van der Waals surface area (Å²) in [4.78, 5) is 0. The van der Waals surface area contributed by atoms with Crippen LogP contribution in [0.1, 0.15) is 5.56 Å².